The van der Waals surface area contributed by atoms with Gasteiger partial charge in [-0.1, -0.05) is 37.6 Å². The molecule has 150 valence electrons. The number of esters is 1. The predicted octanol–water partition coefficient (Wildman–Crippen LogP) is 4.09. The maximum atomic E-state index is 12.4. The summed E-state index contributed by atoms with van der Waals surface area (Å²) < 4.78 is 20.8. The van der Waals surface area contributed by atoms with E-state index in [9.17, 15) is 9.59 Å². The van der Waals surface area contributed by atoms with Crippen molar-refractivity contribution in [3.63, 3.8) is 0 Å². The average molecular weight is 386 g/mol. The number of hydrogen-bond donors (Lipinski definition) is 0. The molecule has 0 aliphatic heterocycles. The average Bonchev–Trinajstić information content (AvgIpc) is 2.74. The first kappa shape index (κ1) is 21.3. The molecule has 0 unspecified atom stereocenters. The van der Waals surface area contributed by atoms with Crippen molar-refractivity contribution in [2.24, 2.45) is 0 Å². The number of carbonyl (C=O) groups excluding carboxylic acids is 2. The van der Waals surface area contributed by atoms with Crippen molar-refractivity contribution in [1.82, 2.24) is 0 Å². The van der Waals surface area contributed by atoms with Gasteiger partial charge in [0.25, 0.3) is 0 Å². The highest BCUT2D eigenvalue weighted by molar-refractivity contribution is 5.99. The molecule has 0 saturated carbocycles. The van der Waals surface area contributed by atoms with Crippen molar-refractivity contribution in [3.8, 4) is 17.2 Å². The van der Waals surface area contributed by atoms with Crippen molar-refractivity contribution in [1.29, 1.82) is 0 Å². The molecule has 0 aliphatic rings. The zero-order chi connectivity index (χ0) is 20.5. The van der Waals surface area contributed by atoms with Crippen LogP contribution in [0, 0.1) is 0 Å². The van der Waals surface area contributed by atoms with Gasteiger partial charge in [0.2, 0.25) is 5.75 Å². The minimum atomic E-state index is -0.646. The second-order valence-corrected chi connectivity index (χ2v) is 6.21. The number of ether oxygens (including phenoxy) is 4. The molecule has 0 atom stereocenters. The molecule has 2 rings (SSSR count). The van der Waals surface area contributed by atoms with Crippen LogP contribution in [-0.2, 0) is 11.2 Å². The maximum absolute atomic E-state index is 12.4. The Kier molecular flexibility index (Phi) is 7.87. The molecule has 0 bridgehead atoms. The fourth-order valence-electron chi connectivity index (χ4n) is 2.73. The molecule has 0 amide bonds. The van der Waals surface area contributed by atoms with Gasteiger partial charge in [0.15, 0.2) is 23.9 Å². The van der Waals surface area contributed by atoms with E-state index in [4.69, 9.17) is 18.9 Å². The van der Waals surface area contributed by atoms with E-state index in [2.05, 4.69) is 6.92 Å². The van der Waals surface area contributed by atoms with Crippen LogP contribution >= 0.6 is 0 Å². The zero-order valence-electron chi connectivity index (χ0n) is 16.7. The molecule has 0 heterocycles. The van der Waals surface area contributed by atoms with Crippen LogP contribution in [0.15, 0.2) is 36.4 Å². The molecule has 6 nitrogen and oxygen atoms in total. The molecule has 28 heavy (non-hydrogen) atoms. The van der Waals surface area contributed by atoms with Gasteiger partial charge < -0.3 is 18.9 Å². The first-order valence-electron chi connectivity index (χ1n) is 9.13. The van der Waals surface area contributed by atoms with Gasteiger partial charge in [-0.05, 0) is 30.5 Å². The van der Waals surface area contributed by atoms with E-state index >= 15 is 0 Å². The van der Waals surface area contributed by atoms with Crippen molar-refractivity contribution in [2.45, 2.75) is 26.2 Å². The van der Waals surface area contributed by atoms with Crippen LogP contribution in [0.4, 0.5) is 0 Å². The lowest BCUT2D eigenvalue weighted by atomic mass is 10.0. The third kappa shape index (κ3) is 5.25. The lowest BCUT2D eigenvalue weighted by Gasteiger charge is -2.13. The maximum Gasteiger partial charge on any atom is 0.338 e. The predicted molar refractivity (Wildman–Crippen MR) is 106 cm³/mol. The van der Waals surface area contributed by atoms with E-state index in [1.54, 1.807) is 12.1 Å². The fourth-order valence-corrected chi connectivity index (χ4v) is 2.73. The van der Waals surface area contributed by atoms with E-state index < -0.39 is 5.97 Å². The minimum absolute atomic E-state index is 0.206. The summed E-state index contributed by atoms with van der Waals surface area (Å²) in [6, 6.07) is 10.4. The van der Waals surface area contributed by atoms with Gasteiger partial charge in [-0.2, -0.15) is 0 Å². The summed E-state index contributed by atoms with van der Waals surface area (Å²) in [4.78, 5) is 24.7. The van der Waals surface area contributed by atoms with E-state index in [0.29, 0.717) is 22.8 Å². The molecule has 0 fully saturated rings. The van der Waals surface area contributed by atoms with Crippen LogP contribution in [0.25, 0.3) is 0 Å². The fraction of sp³-hybridized carbons (Fsp3) is 0.364. The van der Waals surface area contributed by atoms with Crippen molar-refractivity contribution >= 4 is 11.8 Å². The zero-order valence-corrected chi connectivity index (χ0v) is 16.7. The molecule has 0 aromatic heterocycles. The summed E-state index contributed by atoms with van der Waals surface area (Å²) in [5, 5.41) is 0. The molecule has 2 aromatic rings. The molecule has 2 aromatic carbocycles. The van der Waals surface area contributed by atoms with E-state index in [1.807, 2.05) is 12.1 Å². The summed E-state index contributed by atoms with van der Waals surface area (Å²) >= 11 is 0. The number of unbranched alkanes of at least 4 members (excludes halogenated alkanes) is 1. The topological polar surface area (TPSA) is 71.1 Å². The Hall–Kier alpha value is -3.02. The van der Waals surface area contributed by atoms with Gasteiger partial charge in [-0.25, -0.2) is 4.79 Å². The van der Waals surface area contributed by atoms with Crippen LogP contribution in [0.5, 0.6) is 17.2 Å². The monoisotopic (exact) mass is 386 g/mol. The number of Topliss-reactive ketones (excluding diaryl/α,β-unsaturated/α-hetero) is 1. The highest BCUT2D eigenvalue weighted by Crippen LogP contribution is 2.38. The van der Waals surface area contributed by atoms with Gasteiger partial charge in [0.05, 0.1) is 26.9 Å². The van der Waals surface area contributed by atoms with Crippen LogP contribution in [-0.4, -0.2) is 39.7 Å². The largest absolute Gasteiger partial charge is 0.493 e. The second kappa shape index (κ2) is 10.3. The number of carbonyl (C=O) groups is 2. The van der Waals surface area contributed by atoms with Crippen LogP contribution in [0.2, 0.25) is 0 Å². The number of rotatable bonds is 10. The summed E-state index contributed by atoms with van der Waals surface area (Å²) in [7, 11) is 4.39. The van der Waals surface area contributed by atoms with E-state index in [-0.39, 0.29) is 18.0 Å². The Morgan fingerprint density at radius 1 is 0.857 bits per heavy atom. The van der Waals surface area contributed by atoms with Crippen molar-refractivity contribution in [2.75, 3.05) is 27.9 Å². The number of methoxy groups -OCH3 is 3. The van der Waals surface area contributed by atoms with Gasteiger partial charge in [0.1, 0.15) is 0 Å². The van der Waals surface area contributed by atoms with Crippen LogP contribution in [0.3, 0.4) is 0 Å². The lowest BCUT2D eigenvalue weighted by molar-refractivity contribution is 0.0474. The van der Waals surface area contributed by atoms with E-state index in [0.717, 1.165) is 19.3 Å². The molecular formula is C22H26O6. The molecule has 0 saturated heterocycles. The van der Waals surface area contributed by atoms with Crippen molar-refractivity contribution < 1.29 is 28.5 Å². The summed E-state index contributed by atoms with van der Waals surface area (Å²) in [6.45, 7) is 1.80. The van der Waals surface area contributed by atoms with Gasteiger partial charge >= 0.3 is 5.97 Å². The Bertz CT molecular complexity index is 785. The number of hydrogen-bond acceptors (Lipinski definition) is 6. The summed E-state index contributed by atoms with van der Waals surface area (Å²) in [6.07, 6.45) is 3.22. The van der Waals surface area contributed by atoms with Gasteiger partial charge in [0, 0.05) is 5.56 Å². The highest BCUT2D eigenvalue weighted by atomic mass is 16.5. The molecule has 6 heteroatoms. The Morgan fingerprint density at radius 3 is 1.96 bits per heavy atom. The Morgan fingerprint density at radius 2 is 1.46 bits per heavy atom. The Labute approximate surface area is 165 Å². The summed E-state index contributed by atoms with van der Waals surface area (Å²) in [5.74, 6) is 0.140. The third-order valence-electron chi connectivity index (χ3n) is 4.33. The van der Waals surface area contributed by atoms with Gasteiger partial charge in [-0.15, -0.1) is 0 Å². The quantitative estimate of drug-likeness (QED) is 0.452. The second-order valence-electron chi connectivity index (χ2n) is 6.21. The lowest BCUT2D eigenvalue weighted by Crippen LogP contribution is -2.14. The number of ketones is 1. The Balaban J connectivity index is 2.04. The first-order valence-corrected chi connectivity index (χ1v) is 9.13. The SMILES string of the molecule is CCCCc1ccc(C(=O)COC(=O)c2cc(OC)c(OC)c(OC)c2)cc1. The normalized spacial score (nSPS) is 10.3. The smallest absolute Gasteiger partial charge is 0.338 e. The van der Waals surface area contributed by atoms with Crippen molar-refractivity contribution in [3.05, 3.63) is 53.1 Å². The summed E-state index contributed by atoms with van der Waals surface area (Å²) in [5.41, 5.74) is 1.91. The molecular weight excluding hydrogens is 360 g/mol. The molecule has 0 aliphatic carbocycles. The highest BCUT2D eigenvalue weighted by Gasteiger charge is 2.19. The number of aryl methyl sites for hydroxylation is 1. The molecule has 0 N–H and O–H groups in total. The van der Waals surface area contributed by atoms with E-state index in [1.165, 1.54) is 39.0 Å². The molecule has 0 radical (unpaired) electrons. The first-order chi connectivity index (χ1) is 13.5. The van der Waals surface area contributed by atoms with Crippen LogP contribution < -0.4 is 14.2 Å². The standard InChI is InChI=1S/C22H26O6/c1-5-6-7-15-8-10-16(11-9-15)18(23)14-28-22(24)17-12-19(25-2)21(27-4)20(13-17)26-3/h8-13H,5-7,14H2,1-4H3. The third-order valence-corrected chi connectivity index (χ3v) is 4.33. The van der Waals surface area contributed by atoms with Gasteiger partial charge in [-0.3, -0.25) is 4.79 Å². The minimum Gasteiger partial charge on any atom is -0.493 e. The number of benzene rings is 2. The molecule has 0 spiro atoms. The van der Waals surface area contributed by atoms with Crippen LogP contribution in [0.1, 0.15) is 46.0 Å².